The van der Waals surface area contributed by atoms with Gasteiger partial charge in [-0.05, 0) is 54.7 Å². The molecule has 0 aromatic carbocycles. The second kappa shape index (κ2) is 5.36. The second-order valence-corrected chi connectivity index (χ2v) is 7.71. The van der Waals surface area contributed by atoms with Gasteiger partial charge >= 0.3 is 0 Å². The Morgan fingerprint density at radius 1 is 1.10 bits per heavy atom. The highest BCUT2D eigenvalue weighted by atomic mass is 127. The minimum atomic E-state index is 0.326. The number of aromatic nitrogens is 2. The van der Waals surface area contributed by atoms with Gasteiger partial charge < -0.3 is 4.74 Å². The van der Waals surface area contributed by atoms with Crippen molar-refractivity contribution < 1.29 is 4.74 Å². The second-order valence-electron chi connectivity index (χ2n) is 6.27. The molecule has 2 saturated heterocycles. The lowest BCUT2D eigenvalue weighted by Gasteiger charge is -2.20. The number of nitrogens with zero attached hydrogens (tertiary/aromatic N) is 2. The molecule has 5 heteroatoms. The SMILES string of the molecule is Clc1nc(C2CC3CCC2O3)nc(C2CCCC2)c1I. The van der Waals surface area contributed by atoms with Gasteiger partial charge in [0.2, 0.25) is 0 Å². The molecule has 1 aromatic heterocycles. The zero-order valence-electron chi connectivity index (χ0n) is 11.3. The summed E-state index contributed by atoms with van der Waals surface area (Å²) < 4.78 is 7.01. The highest BCUT2D eigenvalue weighted by Gasteiger charge is 2.43. The maximum Gasteiger partial charge on any atom is 0.146 e. The van der Waals surface area contributed by atoms with Gasteiger partial charge in [-0.15, -0.1) is 0 Å². The molecule has 3 nitrogen and oxygen atoms in total. The summed E-state index contributed by atoms with van der Waals surface area (Å²) in [6.07, 6.45) is 9.31. The first-order valence-electron chi connectivity index (χ1n) is 7.60. The summed E-state index contributed by atoms with van der Waals surface area (Å²) in [6.45, 7) is 0. The molecule has 1 saturated carbocycles. The van der Waals surface area contributed by atoms with Gasteiger partial charge in [0.1, 0.15) is 11.0 Å². The third-order valence-corrected chi connectivity index (χ3v) is 6.69. The zero-order chi connectivity index (χ0) is 13.7. The fourth-order valence-corrected chi connectivity index (χ4v) is 4.86. The summed E-state index contributed by atoms with van der Waals surface area (Å²) >= 11 is 8.69. The van der Waals surface area contributed by atoms with Crippen molar-refractivity contribution in [3.05, 3.63) is 20.2 Å². The van der Waals surface area contributed by atoms with Gasteiger partial charge in [0.15, 0.2) is 0 Å². The van der Waals surface area contributed by atoms with E-state index in [9.17, 15) is 0 Å². The first-order valence-corrected chi connectivity index (χ1v) is 9.06. The molecular formula is C15H18ClIN2O. The van der Waals surface area contributed by atoms with E-state index in [2.05, 4.69) is 27.6 Å². The van der Waals surface area contributed by atoms with E-state index >= 15 is 0 Å². The van der Waals surface area contributed by atoms with E-state index in [0.29, 0.717) is 29.2 Å². The van der Waals surface area contributed by atoms with Gasteiger partial charge in [-0.2, -0.15) is 0 Å². The number of fused-ring (bicyclic) bond motifs is 2. The average molecular weight is 405 g/mol. The number of hydrogen-bond acceptors (Lipinski definition) is 3. The van der Waals surface area contributed by atoms with Gasteiger partial charge in [-0.25, -0.2) is 9.97 Å². The molecule has 0 N–H and O–H groups in total. The fourth-order valence-electron chi connectivity index (χ4n) is 4.00. The van der Waals surface area contributed by atoms with Crippen molar-refractivity contribution >= 4 is 34.2 Å². The van der Waals surface area contributed by atoms with Crippen LogP contribution in [0.2, 0.25) is 5.15 Å². The summed E-state index contributed by atoms with van der Waals surface area (Å²) in [6, 6.07) is 0. The molecule has 2 aliphatic heterocycles. The van der Waals surface area contributed by atoms with Gasteiger partial charge in [-0.3, -0.25) is 0 Å². The Labute approximate surface area is 138 Å². The van der Waals surface area contributed by atoms with Crippen LogP contribution in [0.3, 0.4) is 0 Å². The summed E-state index contributed by atoms with van der Waals surface area (Å²) in [5.41, 5.74) is 1.20. The topological polar surface area (TPSA) is 35.0 Å². The van der Waals surface area contributed by atoms with Crippen LogP contribution < -0.4 is 0 Å². The van der Waals surface area contributed by atoms with Crippen molar-refractivity contribution in [2.75, 3.05) is 0 Å². The minimum Gasteiger partial charge on any atom is -0.374 e. The van der Waals surface area contributed by atoms with E-state index in [-0.39, 0.29) is 0 Å². The largest absolute Gasteiger partial charge is 0.374 e. The molecule has 2 bridgehead atoms. The van der Waals surface area contributed by atoms with E-state index < -0.39 is 0 Å². The van der Waals surface area contributed by atoms with Crippen LogP contribution in [0.15, 0.2) is 0 Å². The molecule has 3 atom stereocenters. The Balaban J connectivity index is 1.69. The third kappa shape index (κ3) is 2.28. The Kier molecular flexibility index (Phi) is 3.67. The van der Waals surface area contributed by atoms with Crippen molar-refractivity contribution in [3.63, 3.8) is 0 Å². The maximum atomic E-state index is 6.38. The summed E-state index contributed by atoms with van der Waals surface area (Å²) in [4.78, 5) is 9.51. The van der Waals surface area contributed by atoms with Crippen LogP contribution in [-0.2, 0) is 4.74 Å². The Morgan fingerprint density at radius 2 is 1.90 bits per heavy atom. The predicted molar refractivity (Wildman–Crippen MR) is 86.2 cm³/mol. The molecule has 0 spiro atoms. The highest BCUT2D eigenvalue weighted by molar-refractivity contribution is 14.1. The van der Waals surface area contributed by atoms with E-state index in [4.69, 9.17) is 21.3 Å². The molecule has 3 unspecified atom stereocenters. The molecule has 1 aromatic rings. The summed E-state index contributed by atoms with van der Waals surface area (Å²) in [7, 11) is 0. The van der Waals surface area contributed by atoms with Crippen LogP contribution in [0.25, 0.3) is 0 Å². The summed E-state index contributed by atoms with van der Waals surface area (Å²) in [5, 5.41) is 0.639. The molecule has 1 aliphatic carbocycles. The number of rotatable bonds is 2. The van der Waals surface area contributed by atoms with Crippen LogP contribution >= 0.6 is 34.2 Å². The molecule has 3 heterocycles. The van der Waals surface area contributed by atoms with Gasteiger partial charge in [0.25, 0.3) is 0 Å². The highest BCUT2D eigenvalue weighted by Crippen LogP contribution is 2.45. The smallest absolute Gasteiger partial charge is 0.146 e. The van der Waals surface area contributed by atoms with Crippen LogP contribution in [0.5, 0.6) is 0 Å². The lowest BCUT2D eigenvalue weighted by Crippen LogP contribution is -2.19. The van der Waals surface area contributed by atoms with Crippen LogP contribution in [-0.4, -0.2) is 22.2 Å². The molecule has 4 rings (SSSR count). The van der Waals surface area contributed by atoms with E-state index in [1.807, 2.05) is 0 Å². The van der Waals surface area contributed by atoms with Crippen molar-refractivity contribution in [1.29, 1.82) is 0 Å². The molecule has 20 heavy (non-hydrogen) atoms. The number of ether oxygens (including phenoxy) is 1. The quantitative estimate of drug-likeness (QED) is 0.540. The lowest BCUT2D eigenvalue weighted by atomic mass is 9.88. The molecular weight excluding hydrogens is 387 g/mol. The Bertz CT molecular complexity index is 533. The Morgan fingerprint density at radius 3 is 2.55 bits per heavy atom. The molecule has 108 valence electrons. The van der Waals surface area contributed by atoms with Crippen molar-refractivity contribution in [2.24, 2.45) is 0 Å². The first kappa shape index (κ1) is 13.7. The third-order valence-electron chi connectivity index (χ3n) is 5.03. The average Bonchev–Trinajstić information content (AvgIpc) is 3.18. The number of halogens is 2. The van der Waals surface area contributed by atoms with Crippen molar-refractivity contribution in [3.8, 4) is 0 Å². The van der Waals surface area contributed by atoms with Gasteiger partial charge in [-0.1, -0.05) is 24.4 Å². The van der Waals surface area contributed by atoms with Gasteiger partial charge in [0.05, 0.1) is 21.5 Å². The lowest BCUT2D eigenvalue weighted by molar-refractivity contribution is 0.0998. The zero-order valence-corrected chi connectivity index (χ0v) is 14.2. The first-order chi connectivity index (χ1) is 9.72. The van der Waals surface area contributed by atoms with Gasteiger partial charge in [0, 0.05) is 11.8 Å². The van der Waals surface area contributed by atoms with Crippen LogP contribution in [0, 0.1) is 3.57 Å². The molecule has 0 radical (unpaired) electrons. The normalized spacial score (nSPS) is 33.2. The van der Waals surface area contributed by atoms with Crippen molar-refractivity contribution in [1.82, 2.24) is 9.97 Å². The summed E-state index contributed by atoms with van der Waals surface area (Å²) in [5.74, 6) is 1.88. The number of hydrogen-bond donors (Lipinski definition) is 0. The predicted octanol–water partition coefficient (Wildman–Crippen LogP) is 4.43. The minimum absolute atomic E-state index is 0.326. The van der Waals surface area contributed by atoms with Crippen LogP contribution in [0.1, 0.15) is 68.3 Å². The monoisotopic (exact) mass is 404 g/mol. The maximum absolute atomic E-state index is 6.38. The van der Waals surface area contributed by atoms with E-state index in [1.54, 1.807) is 0 Å². The van der Waals surface area contributed by atoms with E-state index in [1.165, 1.54) is 37.8 Å². The Hall–Kier alpha value is 0.0600. The van der Waals surface area contributed by atoms with Crippen molar-refractivity contribution in [2.45, 2.75) is 69.0 Å². The standard InChI is InChI=1S/C15H18ClIN2O/c16-14-12(17)13(8-3-1-2-4-8)18-15(19-14)10-7-9-5-6-11(10)20-9/h8-11H,1-7H2. The van der Waals surface area contributed by atoms with Crippen LogP contribution in [0.4, 0.5) is 0 Å². The molecule has 3 aliphatic rings. The van der Waals surface area contributed by atoms with E-state index in [0.717, 1.165) is 22.2 Å². The molecule has 3 fully saturated rings. The fraction of sp³-hybridized carbons (Fsp3) is 0.733. The molecule has 0 amide bonds.